The molecule has 0 aliphatic rings. The lowest BCUT2D eigenvalue weighted by Crippen LogP contribution is -1.99. The molecule has 0 aliphatic carbocycles. The number of benzene rings is 1. The molecule has 4 nitrogen and oxygen atoms in total. The second-order valence-electron chi connectivity index (χ2n) is 4.79. The minimum absolute atomic E-state index is 0.736. The highest BCUT2D eigenvalue weighted by Crippen LogP contribution is 2.34. The molecule has 1 heterocycles. The maximum atomic E-state index is 6.12. The third kappa shape index (κ3) is 2.43. The molecule has 0 unspecified atom stereocenters. The molecule has 0 aliphatic heterocycles. The van der Waals surface area contributed by atoms with Gasteiger partial charge in [0.25, 0.3) is 0 Å². The molecule has 4 heteroatoms. The van der Waals surface area contributed by atoms with Gasteiger partial charge in [0.05, 0.1) is 7.11 Å². The molecule has 0 atom stereocenters. The predicted molar refractivity (Wildman–Crippen MR) is 78.3 cm³/mol. The third-order valence-electron chi connectivity index (χ3n) is 3.30. The van der Waals surface area contributed by atoms with Crippen molar-refractivity contribution < 1.29 is 4.74 Å². The van der Waals surface area contributed by atoms with E-state index in [9.17, 15) is 0 Å². The molecular formula is C15H21N3O. The van der Waals surface area contributed by atoms with Crippen LogP contribution in [-0.2, 0) is 13.5 Å². The van der Waals surface area contributed by atoms with Crippen molar-refractivity contribution in [1.82, 2.24) is 9.78 Å². The average molecular weight is 259 g/mol. The summed E-state index contributed by atoms with van der Waals surface area (Å²) in [5, 5.41) is 4.56. The fourth-order valence-corrected chi connectivity index (χ4v) is 2.30. The summed E-state index contributed by atoms with van der Waals surface area (Å²) in [6.07, 6.45) is 1.96. The Morgan fingerprint density at radius 2 is 2.11 bits per heavy atom. The van der Waals surface area contributed by atoms with E-state index in [1.807, 2.05) is 19.2 Å². The van der Waals surface area contributed by atoms with Crippen LogP contribution in [0.25, 0.3) is 11.3 Å². The van der Waals surface area contributed by atoms with Crippen LogP contribution in [0.1, 0.15) is 24.5 Å². The average Bonchev–Trinajstić information content (AvgIpc) is 2.67. The van der Waals surface area contributed by atoms with Gasteiger partial charge in [-0.2, -0.15) is 5.10 Å². The van der Waals surface area contributed by atoms with Crippen LogP contribution in [0.5, 0.6) is 5.75 Å². The van der Waals surface area contributed by atoms with E-state index >= 15 is 0 Å². The summed E-state index contributed by atoms with van der Waals surface area (Å²) < 4.78 is 7.19. The highest BCUT2D eigenvalue weighted by atomic mass is 16.5. The number of methoxy groups -OCH3 is 1. The molecular weight excluding hydrogens is 238 g/mol. The van der Waals surface area contributed by atoms with Gasteiger partial charge in [0, 0.05) is 18.2 Å². The van der Waals surface area contributed by atoms with Gasteiger partial charge < -0.3 is 10.5 Å². The number of nitrogen functional groups attached to an aromatic ring is 1. The van der Waals surface area contributed by atoms with Crippen LogP contribution < -0.4 is 10.5 Å². The predicted octanol–water partition coefficient (Wildman–Crippen LogP) is 2.94. The Balaban J connectivity index is 2.64. The maximum absolute atomic E-state index is 6.12. The van der Waals surface area contributed by atoms with Gasteiger partial charge in [-0.05, 0) is 25.5 Å². The standard InChI is InChI=1S/C15H21N3O/c1-5-6-11-14(17-18(3)15(11)16)12-9-10(2)7-8-13(12)19-4/h7-9H,5-6,16H2,1-4H3. The highest BCUT2D eigenvalue weighted by molar-refractivity contribution is 5.74. The smallest absolute Gasteiger partial charge is 0.128 e. The lowest BCUT2D eigenvalue weighted by molar-refractivity contribution is 0.416. The van der Waals surface area contributed by atoms with Gasteiger partial charge in [0.2, 0.25) is 0 Å². The Morgan fingerprint density at radius 3 is 2.74 bits per heavy atom. The molecule has 19 heavy (non-hydrogen) atoms. The van der Waals surface area contributed by atoms with Crippen molar-refractivity contribution in [3.05, 3.63) is 29.3 Å². The molecule has 0 bridgehead atoms. The van der Waals surface area contributed by atoms with E-state index in [0.29, 0.717) is 0 Å². The molecule has 0 saturated heterocycles. The number of hydrogen-bond acceptors (Lipinski definition) is 3. The molecule has 2 rings (SSSR count). The lowest BCUT2D eigenvalue weighted by Gasteiger charge is -2.09. The molecule has 1 aromatic carbocycles. The first kappa shape index (κ1) is 13.5. The van der Waals surface area contributed by atoms with Crippen LogP contribution in [0.15, 0.2) is 18.2 Å². The highest BCUT2D eigenvalue weighted by Gasteiger charge is 2.18. The van der Waals surface area contributed by atoms with Crippen LogP contribution in [0, 0.1) is 6.92 Å². The van der Waals surface area contributed by atoms with Crippen LogP contribution in [0.3, 0.4) is 0 Å². The second kappa shape index (κ2) is 5.34. The molecule has 2 aromatic rings. The number of rotatable bonds is 4. The summed E-state index contributed by atoms with van der Waals surface area (Å²) in [5.74, 6) is 1.57. The van der Waals surface area contributed by atoms with Crippen LogP contribution in [0.4, 0.5) is 5.82 Å². The van der Waals surface area contributed by atoms with Gasteiger partial charge in [-0.15, -0.1) is 0 Å². The Hall–Kier alpha value is -1.97. The summed E-state index contributed by atoms with van der Waals surface area (Å²) in [6.45, 7) is 4.21. The minimum atomic E-state index is 0.736. The molecule has 0 radical (unpaired) electrons. The van der Waals surface area contributed by atoms with E-state index < -0.39 is 0 Å². The first-order chi connectivity index (χ1) is 9.08. The van der Waals surface area contributed by atoms with Crippen LogP contribution >= 0.6 is 0 Å². The fraction of sp³-hybridized carbons (Fsp3) is 0.400. The molecule has 0 spiro atoms. The Bertz CT molecular complexity index is 587. The number of anilines is 1. The molecule has 102 valence electrons. The minimum Gasteiger partial charge on any atom is -0.496 e. The molecule has 2 N–H and O–H groups in total. The van der Waals surface area contributed by atoms with E-state index in [4.69, 9.17) is 10.5 Å². The summed E-state index contributed by atoms with van der Waals surface area (Å²) in [4.78, 5) is 0. The first-order valence-corrected chi connectivity index (χ1v) is 6.54. The summed E-state index contributed by atoms with van der Waals surface area (Å²) in [7, 11) is 3.56. The molecule has 1 aromatic heterocycles. The van der Waals surface area contributed by atoms with E-state index in [0.717, 1.165) is 41.2 Å². The molecule has 0 saturated carbocycles. The number of nitrogens with zero attached hydrogens (tertiary/aromatic N) is 2. The normalized spacial score (nSPS) is 10.7. The van der Waals surface area contributed by atoms with Crippen molar-refractivity contribution in [2.24, 2.45) is 7.05 Å². The molecule has 0 amide bonds. The van der Waals surface area contributed by atoms with Crippen molar-refractivity contribution in [3.8, 4) is 17.0 Å². The quantitative estimate of drug-likeness (QED) is 0.918. The summed E-state index contributed by atoms with van der Waals surface area (Å²) >= 11 is 0. The Kier molecular flexibility index (Phi) is 3.79. The van der Waals surface area contributed by atoms with Gasteiger partial charge in [0.15, 0.2) is 0 Å². The lowest BCUT2D eigenvalue weighted by atomic mass is 10.0. The number of ether oxygens (including phenoxy) is 1. The fourth-order valence-electron chi connectivity index (χ4n) is 2.30. The van der Waals surface area contributed by atoms with Crippen molar-refractivity contribution >= 4 is 5.82 Å². The third-order valence-corrected chi connectivity index (χ3v) is 3.30. The summed E-state index contributed by atoms with van der Waals surface area (Å²) in [5.41, 5.74) is 10.3. The second-order valence-corrected chi connectivity index (χ2v) is 4.79. The van der Waals surface area contributed by atoms with Gasteiger partial charge in [-0.3, -0.25) is 4.68 Å². The number of aryl methyl sites for hydroxylation is 2. The first-order valence-electron chi connectivity index (χ1n) is 6.54. The SMILES string of the molecule is CCCc1c(-c2cc(C)ccc2OC)nn(C)c1N. The largest absolute Gasteiger partial charge is 0.496 e. The van der Waals surface area contributed by atoms with Crippen LogP contribution in [0.2, 0.25) is 0 Å². The van der Waals surface area contributed by atoms with Crippen molar-refractivity contribution in [1.29, 1.82) is 0 Å². The maximum Gasteiger partial charge on any atom is 0.128 e. The van der Waals surface area contributed by atoms with Gasteiger partial charge in [-0.1, -0.05) is 25.0 Å². The van der Waals surface area contributed by atoms with E-state index in [2.05, 4.69) is 25.0 Å². The van der Waals surface area contributed by atoms with Crippen molar-refractivity contribution in [2.75, 3.05) is 12.8 Å². The van der Waals surface area contributed by atoms with Gasteiger partial charge in [0.1, 0.15) is 17.3 Å². The molecule has 0 fully saturated rings. The number of aromatic nitrogens is 2. The van der Waals surface area contributed by atoms with Gasteiger partial charge >= 0.3 is 0 Å². The van der Waals surface area contributed by atoms with E-state index in [1.54, 1.807) is 11.8 Å². The van der Waals surface area contributed by atoms with E-state index in [1.165, 1.54) is 5.56 Å². The topological polar surface area (TPSA) is 53.1 Å². The summed E-state index contributed by atoms with van der Waals surface area (Å²) in [6, 6.07) is 6.11. The van der Waals surface area contributed by atoms with Crippen LogP contribution in [-0.4, -0.2) is 16.9 Å². The van der Waals surface area contributed by atoms with Gasteiger partial charge in [-0.25, -0.2) is 0 Å². The van der Waals surface area contributed by atoms with Crippen molar-refractivity contribution in [3.63, 3.8) is 0 Å². The monoisotopic (exact) mass is 259 g/mol. The zero-order chi connectivity index (χ0) is 14.0. The Morgan fingerprint density at radius 1 is 1.37 bits per heavy atom. The Labute approximate surface area is 114 Å². The number of hydrogen-bond donors (Lipinski definition) is 1. The zero-order valence-electron chi connectivity index (χ0n) is 12.0. The van der Waals surface area contributed by atoms with E-state index in [-0.39, 0.29) is 0 Å². The zero-order valence-corrected chi connectivity index (χ0v) is 12.0. The number of nitrogens with two attached hydrogens (primary N) is 1. The van der Waals surface area contributed by atoms with Crippen molar-refractivity contribution in [2.45, 2.75) is 26.7 Å².